The first-order valence-corrected chi connectivity index (χ1v) is 6.93. The highest BCUT2D eigenvalue weighted by molar-refractivity contribution is 6.30. The Kier molecular flexibility index (Phi) is 7.31. The van der Waals surface area contributed by atoms with Gasteiger partial charge in [0.05, 0.1) is 17.8 Å². The van der Waals surface area contributed by atoms with Crippen LogP contribution >= 0.6 is 24.0 Å². The SMILES string of the molecule is Cl.NCCCC(=O)Nc1ccnn1Cc1ccc(Cl)c(F)c1. The average Bonchev–Trinajstić information content (AvgIpc) is 2.88. The average molecular weight is 347 g/mol. The summed E-state index contributed by atoms with van der Waals surface area (Å²) in [6, 6.07) is 6.25. The fourth-order valence-electron chi connectivity index (χ4n) is 1.84. The molecule has 2 aromatic rings. The van der Waals surface area contributed by atoms with Crippen molar-refractivity contribution in [1.29, 1.82) is 0 Å². The lowest BCUT2D eigenvalue weighted by molar-refractivity contribution is -0.116. The van der Waals surface area contributed by atoms with Crippen LogP contribution in [0.25, 0.3) is 0 Å². The maximum atomic E-state index is 13.4. The number of hydrogen-bond acceptors (Lipinski definition) is 3. The van der Waals surface area contributed by atoms with Crippen molar-refractivity contribution in [2.45, 2.75) is 19.4 Å². The lowest BCUT2D eigenvalue weighted by Crippen LogP contribution is -2.17. The van der Waals surface area contributed by atoms with Gasteiger partial charge in [-0.25, -0.2) is 9.07 Å². The summed E-state index contributed by atoms with van der Waals surface area (Å²) in [5, 5.41) is 6.95. The van der Waals surface area contributed by atoms with Crippen molar-refractivity contribution in [3.05, 3.63) is 46.9 Å². The van der Waals surface area contributed by atoms with Crippen LogP contribution in [0, 0.1) is 5.82 Å². The Morgan fingerprint density at radius 2 is 2.18 bits per heavy atom. The van der Waals surface area contributed by atoms with Crippen LogP contribution in [-0.4, -0.2) is 22.2 Å². The molecule has 1 aromatic heterocycles. The first-order chi connectivity index (χ1) is 10.1. The molecular weight excluding hydrogens is 330 g/mol. The van der Waals surface area contributed by atoms with Gasteiger partial charge in [0.1, 0.15) is 11.6 Å². The molecule has 0 saturated heterocycles. The summed E-state index contributed by atoms with van der Waals surface area (Å²) in [6.45, 7) is 0.810. The molecule has 1 amide bonds. The number of benzene rings is 1. The van der Waals surface area contributed by atoms with E-state index in [1.807, 2.05) is 0 Å². The van der Waals surface area contributed by atoms with Crippen LogP contribution < -0.4 is 11.1 Å². The van der Waals surface area contributed by atoms with Crippen molar-refractivity contribution in [3.63, 3.8) is 0 Å². The summed E-state index contributed by atoms with van der Waals surface area (Å²) < 4.78 is 15.0. The molecule has 3 N–H and O–H groups in total. The lowest BCUT2D eigenvalue weighted by Gasteiger charge is -2.09. The van der Waals surface area contributed by atoms with Crippen LogP contribution in [0.1, 0.15) is 18.4 Å². The topological polar surface area (TPSA) is 72.9 Å². The first-order valence-electron chi connectivity index (χ1n) is 6.56. The largest absolute Gasteiger partial charge is 0.330 e. The molecule has 1 heterocycles. The fraction of sp³-hybridized carbons (Fsp3) is 0.286. The summed E-state index contributed by atoms with van der Waals surface area (Å²) in [7, 11) is 0. The highest BCUT2D eigenvalue weighted by atomic mass is 35.5. The predicted octanol–water partition coefficient (Wildman–Crippen LogP) is 2.82. The van der Waals surface area contributed by atoms with Gasteiger partial charge in [0.2, 0.25) is 5.91 Å². The molecule has 5 nitrogen and oxygen atoms in total. The minimum absolute atomic E-state index is 0. The number of nitrogens with zero attached hydrogens (tertiary/aromatic N) is 2. The molecule has 8 heteroatoms. The summed E-state index contributed by atoms with van der Waals surface area (Å²) in [5.41, 5.74) is 6.07. The molecule has 0 fully saturated rings. The van der Waals surface area contributed by atoms with Gasteiger partial charge in [-0.2, -0.15) is 5.10 Å². The Hall–Kier alpha value is -1.63. The smallest absolute Gasteiger partial charge is 0.225 e. The van der Waals surface area contributed by atoms with Gasteiger partial charge >= 0.3 is 0 Å². The molecule has 0 atom stereocenters. The molecular formula is C14H17Cl2FN4O. The number of rotatable bonds is 6. The fourth-order valence-corrected chi connectivity index (χ4v) is 1.96. The zero-order chi connectivity index (χ0) is 15.2. The number of anilines is 1. The molecule has 0 bridgehead atoms. The van der Waals surface area contributed by atoms with Gasteiger partial charge in [0.25, 0.3) is 0 Å². The van der Waals surface area contributed by atoms with Gasteiger partial charge in [0.15, 0.2) is 0 Å². The number of carbonyl (C=O) groups excluding carboxylic acids is 1. The van der Waals surface area contributed by atoms with E-state index < -0.39 is 5.82 Å². The molecule has 0 unspecified atom stereocenters. The van der Waals surface area contributed by atoms with E-state index >= 15 is 0 Å². The van der Waals surface area contributed by atoms with Crippen molar-refractivity contribution in [1.82, 2.24) is 9.78 Å². The van der Waals surface area contributed by atoms with Gasteiger partial charge in [-0.3, -0.25) is 4.79 Å². The Labute approximate surface area is 139 Å². The molecule has 0 aliphatic heterocycles. The number of nitrogens with two attached hydrogens (primary N) is 1. The van der Waals surface area contributed by atoms with E-state index in [-0.39, 0.29) is 23.3 Å². The summed E-state index contributed by atoms with van der Waals surface area (Å²) >= 11 is 5.65. The molecule has 22 heavy (non-hydrogen) atoms. The number of aromatic nitrogens is 2. The van der Waals surface area contributed by atoms with Gasteiger partial charge in [-0.15, -0.1) is 12.4 Å². The summed E-state index contributed by atoms with van der Waals surface area (Å²) in [6.07, 6.45) is 2.56. The van der Waals surface area contributed by atoms with Crippen LogP contribution in [0.15, 0.2) is 30.5 Å². The monoisotopic (exact) mass is 346 g/mol. The van der Waals surface area contributed by atoms with E-state index in [2.05, 4.69) is 10.4 Å². The van der Waals surface area contributed by atoms with Gasteiger partial charge in [-0.1, -0.05) is 17.7 Å². The maximum Gasteiger partial charge on any atom is 0.225 e. The zero-order valence-electron chi connectivity index (χ0n) is 11.8. The molecule has 0 aliphatic carbocycles. The van der Waals surface area contributed by atoms with Crippen molar-refractivity contribution in [2.75, 3.05) is 11.9 Å². The van der Waals surface area contributed by atoms with Crippen molar-refractivity contribution >= 4 is 35.7 Å². The zero-order valence-corrected chi connectivity index (χ0v) is 13.3. The second kappa shape index (κ2) is 8.73. The van der Waals surface area contributed by atoms with Gasteiger partial charge in [-0.05, 0) is 30.7 Å². The minimum atomic E-state index is -0.477. The molecule has 0 saturated carbocycles. The van der Waals surface area contributed by atoms with Crippen LogP contribution in [-0.2, 0) is 11.3 Å². The number of hydrogen-bond donors (Lipinski definition) is 2. The second-order valence-electron chi connectivity index (χ2n) is 4.56. The summed E-state index contributed by atoms with van der Waals surface area (Å²) in [5.74, 6) is -0.0354. The van der Waals surface area contributed by atoms with E-state index in [0.29, 0.717) is 37.3 Å². The number of carbonyl (C=O) groups is 1. The quantitative estimate of drug-likeness (QED) is 0.844. The Bertz CT molecular complexity index is 633. The van der Waals surface area contributed by atoms with E-state index in [9.17, 15) is 9.18 Å². The third kappa shape index (κ3) is 4.98. The lowest BCUT2D eigenvalue weighted by atomic mass is 10.2. The first kappa shape index (κ1) is 18.4. The standard InChI is InChI=1S/C14H16ClFN4O.ClH/c15-11-4-3-10(8-12(11)16)9-20-13(5-7-18-20)19-14(21)2-1-6-17;/h3-5,7-8H,1-2,6,9,17H2,(H,19,21);1H. The van der Waals surface area contributed by atoms with E-state index in [1.165, 1.54) is 12.1 Å². The Balaban J connectivity index is 0.00000242. The maximum absolute atomic E-state index is 13.4. The number of nitrogens with one attached hydrogen (secondary N) is 1. The predicted molar refractivity (Wildman–Crippen MR) is 86.9 cm³/mol. The Morgan fingerprint density at radius 1 is 1.41 bits per heavy atom. The van der Waals surface area contributed by atoms with Gasteiger partial charge in [0, 0.05) is 12.5 Å². The van der Waals surface area contributed by atoms with Crippen molar-refractivity contribution < 1.29 is 9.18 Å². The second-order valence-corrected chi connectivity index (χ2v) is 4.97. The Morgan fingerprint density at radius 3 is 2.86 bits per heavy atom. The number of amides is 1. The van der Waals surface area contributed by atoms with E-state index in [1.54, 1.807) is 23.0 Å². The molecule has 0 radical (unpaired) electrons. The van der Waals surface area contributed by atoms with E-state index in [4.69, 9.17) is 17.3 Å². The van der Waals surface area contributed by atoms with Crippen molar-refractivity contribution in [2.24, 2.45) is 5.73 Å². The molecule has 120 valence electrons. The molecule has 0 spiro atoms. The van der Waals surface area contributed by atoms with Crippen LogP contribution in [0.2, 0.25) is 5.02 Å². The highest BCUT2D eigenvalue weighted by Gasteiger charge is 2.08. The minimum Gasteiger partial charge on any atom is -0.330 e. The molecule has 0 aliphatic rings. The highest BCUT2D eigenvalue weighted by Crippen LogP contribution is 2.17. The molecule has 2 rings (SSSR count). The molecule has 1 aromatic carbocycles. The van der Waals surface area contributed by atoms with Gasteiger partial charge < -0.3 is 11.1 Å². The normalized spacial score (nSPS) is 10.1. The van der Waals surface area contributed by atoms with Crippen LogP contribution in [0.4, 0.5) is 10.2 Å². The van der Waals surface area contributed by atoms with Crippen LogP contribution in [0.5, 0.6) is 0 Å². The third-order valence-electron chi connectivity index (χ3n) is 2.91. The van der Waals surface area contributed by atoms with Crippen LogP contribution in [0.3, 0.4) is 0 Å². The number of halogens is 3. The van der Waals surface area contributed by atoms with Crippen molar-refractivity contribution in [3.8, 4) is 0 Å². The third-order valence-corrected chi connectivity index (χ3v) is 3.21. The summed E-state index contributed by atoms with van der Waals surface area (Å²) in [4.78, 5) is 11.7. The van der Waals surface area contributed by atoms with E-state index in [0.717, 1.165) is 0 Å².